The van der Waals surface area contributed by atoms with Crippen LogP contribution in [0.2, 0.25) is 0 Å². The fourth-order valence-electron chi connectivity index (χ4n) is 2.41. The van der Waals surface area contributed by atoms with Gasteiger partial charge in [0, 0.05) is 7.11 Å². The summed E-state index contributed by atoms with van der Waals surface area (Å²) in [6, 6.07) is -0.544. The third kappa shape index (κ3) is 2.49. The number of nitrogens with one attached hydrogen (secondary N) is 1. The lowest BCUT2D eigenvalue weighted by Crippen LogP contribution is -2.69. The lowest BCUT2D eigenvalue weighted by Gasteiger charge is -2.44. The number of aliphatic hydroxyl groups excluding tert-OH is 1. The predicted molar refractivity (Wildman–Crippen MR) is 68.5 cm³/mol. The van der Waals surface area contributed by atoms with Crippen LogP contribution in [0.1, 0.15) is 19.8 Å². The van der Waals surface area contributed by atoms with E-state index in [1.54, 1.807) is 6.92 Å². The average Bonchev–Trinajstić information content (AvgIpc) is 2.81. The fraction of sp³-hybridized carbons (Fsp3) is 0.818. The number of rotatable bonds is 3. The van der Waals surface area contributed by atoms with Crippen LogP contribution in [0.25, 0.3) is 0 Å². The van der Waals surface area contributed by atoms with Gasteiger partial charge in [-0.15, -0.1) is 0 Å². The zero-order chi connectivity index (χ0) is 14.2. The van der Waals surface area contributed by atoms with Crippen LogP contribution in [0.15, 0.2) is 0 Å². The molecule has 2 heterocycles. The van der Waals surface area contributed by atoms with Crippen LogP contribution in [0.4, 0.5) is 4.79 Å². The number of nitrogens with zero attached hydrogens (tertiary/aromatic N) is 1. The van der Waals surface area contributed by atoms with Crippen LogP contribution >= 0.6 is 15.9 Å². The van der Waals surface area contributed by atoms with Gasteiger partial charge in [0.2, 0.25) is 5.91 Å². The average molecular weight is 337 g/mol. The van der Waals surface area contributed by atoms with E-state index in [0.717, 1.165) is 0 Å². The predicted octanol–water partition coefficient (Wildman–Crippen LogP) is 0.162. The first-order valence-electron chi connectivity index (χ1n) is 6.03. The molecule has 0 saturated carbocycles. The molecule has 0 aromatic carbocycles. The number of carbonyl (C=O) groups excluding carboxylic acids is 2. The van der Waals surface area contributed by atoms with Gasteiger partial charge in [-0.05, 0) is 19.8 Å². The molecule has 0 radical (unpaired) electrons. The third-order valence-corrected chi connectivity index (χ3v) is 4.19. The maximum Gasteiger partial charge on any atom is 0.328 e. The van der Waals surface area contributed by atoms with Crippen molar-refractivity contribution in [2.75, 3.05) is 13.7 Å². The molecular formula is C11H17BrN2O5. The van der Waals surface area contributed by atoms with Crippen LogP contribution in [-0.2, 0) is 14.3 Å². The fourth-order valence-corrected chi connectivity index (χ4v) is 2.91. The molecule has 0 bridgehead atoms. The second kappa shape index (κ2) is 5.35. The second-order valence-electron chi connectivity index (χ2n) is 4.80. The van der Waals surface area contributed by atoms with Gasteiger partial charge < -0.3 is 14.6 Å². The molecule has 0 spiro atoms. The minimum absolute atomic E-state index is 0.0892. The Morgan fingerprint density at radius 3 is 2.79 bits per heavy atom. The first-order valence-corrected chi connectivity index (χ1v) is 6.83. The molecule has 0 aliphatic carbocycles. The molecule has 2 fully saturated rings. The van der Waals surface area contributed by atoms with Gasteiger partial charge in [0.25, 0.3) is 0 Å². The number of amides is 3. The molecule has 108 valence electrons. The Kier molecular flexibility index (Phi) is 4.14. The Hall–Kier alpha value is -0.700. The zero-order valence-electron chi connectivity index (χ0n) is 10.8. The van der Waals surface area contributed by atoms with Gasteiger partial charge in [-0.2, -0.15) is 0 Å². The van der Waals surface area contributed by atoms with Gasteiger partial charge in [-0.3, -0.25) is 15.0 Å². The number of urea groups is 1. The van der Waals surface area contributed by atoms with E-state index >= 15 is 0 Å². The van der Waals surface area contributed by atoms with Crippen LogP contribution in [0.5, 0.6) is 0 Å². The molecule has 2 saturated heterocycles. The molecule has 2 aliphatic rings. The largest absolute Gasteiger partial charge is 0.394 e. The summed E-state index contributed by atoms with van der Waals surface area (Å²) in [5, 5.41) is 11.3. The molecule has 2 aliphatic heterocycles. The second-order valence-corrected chi connectivity index (χ2v) is 6.45. The third-order valence-electron chi connectivity index (χ3n) is 3.44. The first-order chi connectivity index (χ1) is 8.91. The summed E-state index contributed by atoms with van der Waals surface area (Å²) in [5.41, 5.74) is 0. The topological polar surface area (TPSA) is 88.1 Å². The van der Waals surface area contributed by atoms with Gasteiger partial charge >= 0.3 is 6.03 Å². The van der Waals surface area contributed by atoms with Crippen LogP contribution in [-0.4, -0.2) is 58.5 Å². The highest BCUT2D eigenvalue weighted by atomic mass is 79.9. The molecule has 8 heteroatoms. The van der Waals surface area contributed by atoms with Gasteiger partial charge in [-0.1, -0.05) is 15.9 Å². The van der Waals surface area contributed by atoms with Gasteiger partial charge in [0.05, 0.1) is 12.7 Å². The number of ether oxygens (including phenoxy) is 2. The highest BCUT2D eigenvalue weighted by Gasteiger charge is 2.53. The number of aliphatic hydroxyl groups is 1. The summed E-state index contributed by atoms with van der Waals surface area (Å²) >= 11 is 3.30. The Labute approximate surface area is 119 Å². The van der Waals surface area contributed by atoms with Crippen molar-refractivity contribution in [3.63, 3.8) is 0 Å². The van der Waals surface area contributed by atoms with Crippen molar-refractivity contribution < 1.29 is 24.2 Å². The van der Waals surface area contributed by atoms with Crippen molar-refractivity contribution in [1.82, 2.24) is 10.2 Å². The monoisotopic (exact) mass is 336 g/mol. The molecule has 4 atom stereocenters. The number of halogens is 1. The molecule has 19 heavy (non-hydrogen) atoms. The molecular weight excluding hydrogens is 320 g/mol. The Morgan fingerprint density at radius 2 is 2.26 bits per heavy atom. The highest BCUT2D eigenvalue weighted by molar-refractivity contribution is 9.10. The Morgan fingerprint density at radius 1 is 1.58 bits per heavy atom. The number of hydrogen-bond acceptors (Lipinski definition) is 5. The van der Waals surface area contributed by atoms with E-state index in [1.807, 2.05) is 0 Å². The summed E-state index contributed by atoms with van der Waals surface area (Å²) in [5.74, 6) is -0.447. The van der Waals surface area contributed by atoms with Crippen molar-refractivity contribution in [1.29, 1.82) is 0 Å². The molecule has 7 nitrogen and oxygen atoms in total. The van der Waals surface area contributed by atoms with Gasteiger partial charge in [0.15, 0.2) is 6.23 Å². The minimum Gasteiger partial charge on any atom is -0.394 e. The molecule has 0 aromatic rings. The van der Waals surface area contributed by atoms with Crippen molar-refractivity contribution in [2.45, 2.75) is 42.6 Å². The number of imide groups is 1. The molecule has 2 N–H and O–H groups in total. The van der Waals surface area contributed by atoms with Crippen molar-refractivity contribution in [3.05, 3.63) is 0 Å². The Bertz CT molecular complexity index is 389. The standard InChI is InChI=1S/C11H17BrN2O5/c1-11(12)8(16)13-10(17)14(9(11)18-2)7-4-3-6(5-15)19-7/h6-7,9,15H,3-5H2,1-2H3,(H,13,16,17)/t6-,7+,9?,11?/m0/s1. The Balaban J connectivity index is 2.22. The number of methoxy groups -OCH3 is 1. The van der Waals surface area contributed by atoms with E-state index in [1.165, 1.54) is 12.0 Å². The summed E-state index contributed by atoms with van der Waals surface area (Å²) in [6.07, 6.45) is -0.304. The maximum atomic E-state index is 12.0. The first kappa shape index (κ1) is 14.7. The number of hydrogen-bond donors (Lipinski definition) is 2. The van der Waals surface area contributed by atoms with Crippen LogP contribution in [0, 0.1) is 0 Å². The number of carbonyl (C=O) groups is 2. The van der Waals surface area contributed by atoms with Gasteiger partial charge in [-0.25, -0.2) is 4.79 Å². The number of alkyl halides is 1. The molecule has 3 amide bonds. The van der Waals surface area contributed by atoms with E-state index in [-0.39, 0.29) is 12.7 Å². The lowest BCUT2D eigenvalue weighted by molar-refractivity contribution is -0.152. The normalized spacial score (nSPS) is 39.6. The van der Waals surface area contributed by atoms with Crippen molar-refractivity contribution in [2.24, 2.45) is 0 Å². The molecule has 2 rings (SSSR count). The van der Waals surface area contributed by atoms with Crippen LogP contribution in [0.3, 0.4) is 0 Å². The highest BCUT2D eigenvalue weighted by Crippen LogP contribution is 2.35. The van der Waals surface area contributed by atoms with E-state index in [4.69, 9.17) is 14.6 Å². The molecule has 2 unspecified atom stereocenters. The smallest absolute Gasteiger partial charge is 0.328 e. The van der Waals surface area contributed by atoms with E-state index in [2.05, 4.69) is 21.2 Å². The lowest BCUT2D eigenvalue weighted by atomic mass is 10.1. The quantitative estimate of drug-likeness (QED) is 0.717. The van der Waals surface area contributed by atoms with Crippen molar-refractivity contribution in [3.8, 4) is 0 Å². The zero-order valence-corrected chi connectivity index (χ0v) is 12.3. The van der Waals surface area contributed by atoms with E-state index < -0.39 is 28.7 Å². The van der Waals surface area contributed by atoms with E-state index in [9.17, 15) is 9.59 Å². The molecule has 0 aromatic heterocycles. The summed E-state index contributed by atoms with van der Waals surface area (Å²) < 4.78 is 9.83. The van der Waals surface area contributed by atoms with Gasteiger partial charge in [0.1, 0.15) is 10.6 Å². The van der Waals surface area contributed by atoms with E-state index in [0.29, 0.717) is 12.8 Å². The minimum atomic E-state index is -1.05. The van der Waals surface area contributed by atoms with Crippen molar-refractivity contribution >= 4 is 27.9 Å². The summed E-state index contributed by atoms with van der Waals surface area (Å²) in [7, 11) is 1.43. The SMILES string of the molecule is COC1N([C@H]2CC[C@@H](CO)O2)C(=O)NC(=O)C1(C)Br. The van der Waals surface area contributed by atoms with Crippen LogP contribution < -0.4 is 5.32 Å². The summed E-state index contributed by atoms with van der Waals surface area (Å²) in [4.78, 5) is 25.2. The maximum absolute atomic E-state index is 12.0. The summed E-state index contributed by atoms with van der Waals surface area (Å²) in [6.45, 7) is 1.54.